The molecule has 0 aromatic rings. The van der Waals surface area contributed by atoms with E-state index >= 15 is 0 Å². The van der Waals surface area contributed by atoms with E-state index in [-0.39, 0.29) is 5.92 Å². The van der Waals surface area contributed by atoms with Crippen LogP contribution < -0.4 is 5.32 Å². The maximum Gasteiger partial charge on any atom is 0.0673 e. The smallest absolute Gasteiger partial charge is 0.0673 e. The van der Waals surface area contributed by atoms with Crippen LogP contribution >= 0.6 is 11.8 Å². The largest absolute Gasteiger partial charge is 0.379 e. The van der Waals surface area contributed by atoms with Gasteiger partial charge < -0.3 is 14.8 Å². The Balaban J connectivity index is 1.25. The van der Waals surface area contributed by atoms with Crippen molar-refractivity contribution >= 4 is 11.8 Å². The fraction of sp³-hybridized carbons (Fsp3) is 0.952. The number of fused-ring (bicyclic) bond motifs is 2. The van der Waals surface area contributed by atoms with Crippen molar-refractivity contribution < 1.29 is 9.47 Å². The molecule has 5 rings (SSSR count). The Morgan fingerprint density at radius 1 is 0.821 bits per heavy atom. The highest BCUT2D eigenvalue weighted by atomic mass is 32.2. The zero-order valence-electron chi connectivity index (χ0n) is 16.8. The second-order valence-corrected chi connectivity index (χ2v) is 10.6. The molecule has 0 spiro atoms. The molecular weight excluding hydrogens is 372 g/mol. The Bertz CT molecular complexity index is 575. The fourth-order valence-electron chi connectivity index (χ4n) is 6.14. The Morgan fingerprint density at radius 3 is 2.14 bits per heavy atom. The van der Waals surface area contributed by atoms with Crippen LogP contribution in [0.3, 0.4) is 0 Å². The summed E-state index contributed by atoms with van der Waals surface area (Å²) < 4.78 is 11.1. The Hall–Kier alpha value is -0.360. The molecule has 0 bridgehead atoms. The van der Waals surface area contributed by atoms with Crippen LogP contribution in [0.1, 0.15) is 32.1 Å². The molecule has 5 fully saturated rings. The van der Waals surface area contributed by atoms with E-state index in [1.54, 1.807) is 0 Å². The maximum atomic E-state index is 9.89. The first kappa shape index (κ1) is 19.6. The quantitative estimate of drug-likeness (QED) is 0.742. The van der Waals surface area contributed by atoms with Crippen LogP contribution in [0.4, 0.5) is 0 Å². The van der Waals surface area contributed by atoms with Gasteiger partial charge in [0.1, 0.15) is 0 Å². The van der Waals surface area contributed by atoms with Gasteiger partial charge in [-0.25, -0.2) is 0 Å². The lowest BCUT2D eigenvalue weighted by molar-refractivity contribution is -0.000674. The average Bonchev–Trinajstić information content (AvgIpc) is 2.77. The summed E-state index contributed by atoms with van der Waals surface area (Å²) >= 11 is 2.22. The van der Waals surface area contributed by atoms with Crippen molar-refractivity contribution in [3.05, 3.63) is 0 Å². The van der Waals surface area contributed by atoms with Gasteiger partial charge in [0.05, 0.1) is 38.4 Å². The van der Waals surface area contributed by atoms with Crippen LogP contribution in [-0.2, 0) is 9.47 Å². The number of nitrogens with zero attached hydrogens (tertiary/aromatic N) is 3. The van der Waals surface area contributed by atoms with Gasteiger partial charge in [-0.1, -0.05) is 0 Å². The zero-order chi connectivity index (χ0) is 18.9. The molecule has 7 unspecified atom stereocenters. The lowest BCUT2D eigenvalue weighted by atomic mass is 9.79. The third kappa shape index (κ3) is 3.97. The van der Waals surface area contributed by atoms with E-state index in [1.807, 2.05) is 0 Å². The maximum absolute atomic E-state index is 9.89. The topological polar surface area (TPSA) is 60.8 Å². The summed E-state index contributed by atoms with van der Waals surface area (Å²) in [5, 5.41) is 15.1. The van der Waals surface area contributed by atoms with E-state index in [0.29, 0.717) is 28.6 Å². The molecule has 7 atom stereocenters. The van der Waals surface area contributed by atoms with E-state index in [1.165, 1.54) is 25.7 Å². The molecule has 3 heterocycles. The van der Waals surface area contributed by atoms with Crippen LogP contribution in [0.2, 0.25) is 0 Å². The highest BCUT2D eigenvalue weighted by Gasteiger charge is 2.48. The van der Waals surface area contributed by atoms with Gasteiger partial charge in [-0.3, -0.25) is 9.80 Å². The standard InChI is InChI=1S/C21H34N4O2S/c22-14-15-11-17(25-5-9-27-10-6-25)13-20-21(15)23-18-2-1-16(12-19(18)28-20)24-3-7-26-8-4-24/h15-21,23H,1-13H2. The Kier molecular flexibility index (Phi) is 6.15. The molecule has 3 aliphatic heterocycles. The molecule has 2 aliphatic carbocycles. The van der Waals surface area contributed by atoms with Crippen molar-refractivity contribution in [3.63, 3.8) is 0 Å². The number of hydrogen-bond donors (Lipinski definition) is 1. The first-order chi connectivity index (χ1) is 13.8. The van der Waals surface area contributed by atoms with Gasteiger partial charge in [-0.05, 0) is 32.1 Å². The molecule has 1 N–H and O–H groups in total. The number of rotatable bonds is 2. The van der Waals surface area contributed by atoms with E-state index in [9.17, 15) is 5.26 Å². The molecule has 7 heteroatoms. The molecule has 6 nitrogen and oxygen atoms in total. The van der Waals surface area contributed by atoms with Crippen molar-refractivity contribution in [3.8, 4) is 6.07 Å². The van der Waals surface area contributed by atoms with Crippen molar-refractivity contribution in [1.29, 1.82) is 5.26 Å². The first-order valence-corrected chi connectivity index (χ1v) is 12.2. The number of ether oxygens (including phenoxy) is 2. The second-order valence-electron chi connectivity index (χ2n) is 9.14. The molecule has 0 amide bonds. The number of morpholine rings is 2. The second kappa shape index (κ2) is 8.79. The number of thioether (sulfide) groups is 1. The molecule has 0 radical (unpaired) electrons. The summed E-state index contributed by atoms with van der Waals surface area (Å²) in [5.41, 5.74) is 0. The van der Waals surface area contributed by atoms with Crippen LogP contribution in [0.25, 0.3) is 0 Å². The summed E-state index contributed by atoms with van der Waals surface area (Å²) in [6.07, 6.45) is 6.10. The van der Waals surface area contributed by atoms with E-state index in [4.69, 9.17) is 9.47 Å². The molecule has 0 aromatic heterocycles. The molecule has 28 heavy (non-hydrogen) atoms. The van der Waals surface area contributed by atoms with Crippen molar-refractivity contribution in [1.82, 2.24) is 15.1 Å². The SMILES string of the molecule is N#CC1CC(N2CCOCC2)CC2SC3CC(N4CCOCC4)CCC3NC12. The minimum Gasteiger partial charge on any atom is -0.379 e. The normalized spacial score (nSPS) is 45.6. The van der Waals surface area contributed by atoms with Crippen molar-refractivity contribution in [2.45, 2.75) is 66.8 Å². The highest BCUT2D eigenvalue weighted by Crippen LogP contribution is 2.45. The predicted octanol–water partition coefficient (Wildman–Crippen LogP) is 1.32. The fourth-order valence-corrected chi connectivity index (χ4v) is 8.10. The molecule has 156 valence electrons. The van der Waals surface area contributed by atoms with Crippen LogP contribution in [0.15, 0.2) is 0 Å². The van der Waals surface area contributed by atoms with E-state index in [2.05, 4.69) is 32.9 Å². The summed E-state index contributed by atoms with van der Waals surface area (Å²) in [5.74, 6) is 0.150. The summed E-state index contributed by atoms with van der Waals surface area (Å²) in [6, 6.07) is 4.93. The monoisotopic (exact) mass is 406 g/mol. The van der Waals surface area contributed by atoms with Crippen molar-refractivity contribution in [2.75, 3.05) is 52.6 Å². The number of nitriles is 1. The van der Waals surface area contributed by atoms with Crippen LogP contribution in [0.5, 0.6) is 0 Å². The summed E-state index contributed by atoms with van der Waals surface area (Å²) in [7, 11) is 0. The summed E-state index contributed by atoms with van der Waals surface area (Å²) in [6.45, 7) is 7.74. The Labute approximate surface area is 173 Å². The van der Waals surface area contributed by atoms with Gasteiger partial charge >= 0.3 is 0 Å². The van der Waals surface area contributed by atoms with E-state index < -0.39 is 0 Å². The van der Waals surface area contributed by atoms with Crippen molar-refractivity contribution in [2.24, 2.45) is 5.92 Å². The van der Waals surface area contributed by atoms with Gasteiger partial charge in [-0.2, -0.15) is 17.0 Å². The lowest BCUT2D eigenvalue weighted by Gasteiger charge is -2.53. The third-order valence-corrected chi connectivity index (χ3v) is 9.38. The van der Waals surface area contributed by atoms with Crippen LogP contribution in [-0.4, -0.2) is 97.1 Å². The number of hydrogen-bond acceptors (Lipinski definition) is 7. The minimum absolute atomic E-state index is 0.150. The average molecular weight is 407 g/mol. The molecular formula is C21H34N4O2S. The van der Waals surface area contributed by atoms with E-state index in [0.717, 1.165) is 65.1 Å². The lowest BCUT2D eigenvalue weighted by Crippen LogP contribution is -2.64. The van der Waals surface area contributed by atoms with Gasteiger partial charge in [0, 0.05) is 60.8 Å². The van der Waals surface area contributed by atoms with Gasteiger partial charge in [0.15, 0.2) is 0 Å². The van der Waals surface area contributed by atoms with Crippen LogP contribution in [0, 0.1) is 17.2 Å². The predicted molar refractivity (Wildman–Crippen MR) is 110 cm³/mol. The highest BCUT2D eigenvalue weighted by molar-refractivity contribution is 8.00. The molecule has 0 aromatic carbocycles. The van der Waals surface area contributed by atoms with Gasteiger partial charge in [0.25, 0.3) is 0 Å². The number of nitrogens with one attached hydrogen (secondary N) is 1. The third-order valence-electron chi connectivity index (χ3n) is 7.67. The molecule has 2 saturated carbocycles. The molecule has 3 saturated heterocycles. The Morgan fingerprint density at radius 2 is 1.46 bits per heavy atom. The van der Waals surface area contributed by atoms with Gasteiger partial charge in [-0.15, -0.1) is 0 Å². The summed E-state index contributed by atoms with van der Waals surface area (Å²) in [4.78, 5) is 5.26. The van der Waals surface area contributed by atoms with Gasteiger partial charge in [0.2, 0.25) is 0 Å². The minimum atomic E-state index is 0.150. The zero-order valence-corrected chi connectivity index (χ0v) is 17.6. The molecule has 5 aliphatic rings. The first-order valence-electron chi connectivity index (χ1n) is 11.3.